The minimum absolute atomic E-state index is 0.0496. The maximum absolute atomic E-state index is 12.0. The molecule has 0 spiro atoms. The lowest BCUT2D eigenvalue weighted by Gasteiger charge is -2.31. The zero-order valence-corrected chi connectivity index (χ0v) is 10.5. The van der Waals surface area contributed by atoms with Gasteiger partial charge in [-0.25, -0.2) is 0 Å². The van der Waals surface area contributed by atoms with E-state index in [9.17, 15) is 4.79 Å². The van der Waals surface area contributed by atoms with Crippen molar-refractivity contribution in [3.05, 3.63) is 29.8 Å². The van der Waals surface area contributed by atoms with E-state index in [1.54, 1.807) is 0 Å². The van der Waals surface area contributed by atoms with Crippen molar-refractivity contribution in [2.24, 2.45) is 0 Å². The smallest absolute Gasteiger partial charge is 0.242 e. The van der Waals surface area contributed by atoms with Crippen molar-refractivity contribution in [1.29, 1.82) is 0 Å². The van der Waals surface area contributed by atoms with Gasteiger partial charge in [-0.1, -0.05) is 31.0 Å². The molecule has 3 rings (SSSR count). The third-order valence-corrected chi connectivity index (χ3v) is 4.27. The van der Waals surface area contributed by atoms with Crippen molar-refractivity contribution in [2.45, 2.75) is 37.6 Å². The summed E-state index contributed by atoms with van der Waals surface area (Å²) in [6, 6.07) is 8.65. The Bertz CT molecular complexity index is 446. The summed E-state index contributed by atoms with van der Waals surface area (Å²) < 4.78 is 0. The first-order chi connectivity index (χ1) is 8.33. The van der Waals surface area contributed by atoms with Gasteiger partial charge in [-0.05, 0) is 24.5 Å². The number of fused-ring (bicyclic) bond motifs is 3. The Morgan fingerprint density at radius 3 is 2.88 bits per heavy atom. The summed E-state index contributed by atoms with van der Waals surface area (Å²) in [6.07, 6.45) is 4.81. The summed E-state index contributed by atoms with van der Waals surface area (Å²) in [5, 5.41) is 0. The Kier molecular flexibility index (Phi) is 2.83. The number of nitrogens with zero attached hydrogens (tertiary/aromatic N) is 1. The molecular formula is C14H16ClNO. The number of anilines is 1. The van der Waals surface area contributed by atoms with E-state index in [1.807, 2.05) is 11.0 Å². The molecule has 90 valence electrons. The summed E-state index contributed by atoms with van der Waals surface area (Å²) in [7, 11) is 0. The number of para-hydroxylation sites is 1. The number of hydrogen-bond donors (Lipinski definition) is 0. The second-order valence-corrected chi connectivity index (χ2v) is 5.18. The molecular weight excluding hydrogens is 234 g/mol. The summed E-state index contributed by atoms with van der Waals surface area (Å²) in [5.41, 5.74) is 2.44. The molecule has 0 N–H and O–H groups in total. The van der Waals surface area contributed by atoms with Crippen molar-refractivity contribution in [3.63, 3.8) is 0 Å². The van der Waals surface area contributed by atoms with Crippen LogP contribution in [0.1, 0.15) is 37.2 Å². The number of benzene rings is 1. The fourth-order valence-corrected chi connectivity index (χ4v) is 3.49. The molecule has 1 fully saturated rings. The molecule has 0 unspecified atom stereocenters. The number of hydrogen-bond acceptors (Lipinski definition) is 1. The molecule has 3 heteroatoms. The third kappa shape index (κ3) is 1.66. The van der Waals surface area contributed by atoms with Crippen molar-refractivity contribution in [3.8, 4) is 0 Å². The SMILES string of the molecule is O=C(CCl)N1c2ccccc2[C@@H]2CCCC[C@@H]21. The average molecular weight is 250 g/mol. The summed E-state index contributed by atoms with van der Waals surface area (Å²) in [5.74, 6) is 0.665. The van der Waals surface area contributed by atoms with Crippen molar-refractivity contribution >= 4 is 23.2 Å². The van der Waals surface area contributed by atoms with Gasteiger partial charge in [0, 0.05) is 17.6 Å². The van der Waals surface area contributed by atoms with Gasteiger partial charge >= 0.3 is 0 Å². The molecule has 2 aliphatic rings. The fraction of sp³-hybridized carbons (Fsp3) is 0.500. The average Bonchev–Trinajstić information content (AvgIpc) is 2.72. The maximum atomic E-state index is 12.0. The molecule has 0 aromatic heterocycles. The molecule has 2 atom stereocenters. The lowest BCUT2D eigenvalue weighted by molar-refractivity contribution is -0.116. The Hall–Kier alpha value is -1.02. The first-order valence-electron chi connectivity index (χ1n) is 6.30. The molecule has 2 nitrogen and oxygen atoms in total. The zero-order valence-electron chi connectivity index (χ0n) is 9.73. The van der Waals surface area contributed by atoms with E-state index in [1.165, 1.54) is 24.8 Å². The minimum atomic E-state index is 0.0496. The lowest BCUT2D eigenvalue weighted by atomic mass is 9.82. The van der Waals surface area contributed by atoms with Gasteiger partial charge in [-0.3, -0.25) is 4.79 Å². The van der Waals surface area contributed by atoms with Crippen LogP contribution in [0.25, 0.3) is 0 Å². The molecule has 1 amide bonds. The maximum Gasteiger partial charge on any atom is 0.242 e. The van der Waals surface area contributed by atoms with E-state index < -0.39 is 0 Å². The van der Waals surface area contributed by atoms with Gasteiger partial charge in [-0.2, -0.15) is 0 Å². The van der Waals surface area contributed by atoms with Crippen LogP contribution in [0.15, 0.2) is 24.3 Å². The van der Waals surface area contributed by atoms with Gasteiger partial charge in [0.05, 0.1) is 0 Å². The van der Waals surface area contributed by atoms with Gasteiger partial charge in [0.1, 0.15) is 5.88 Å². The van der Waals surface area contributed by atoms with Crippen LogP contribution in [0, 0.1) is 0 Å². The van der Waals surface area contributed by atoms with Crippen LogP contribution in [0.4, 0.5) is 5.69 Å². The molecule has 17 heavy (non-hydrogen) atoms. The molecule has 1 saturated carbocycles. The van der Waals surface area contributed by atoms with Crippen LogP contribution in [0.3, 0.4) is 0 Å². The molecule has 1 aliphatic heterocycles. The van der Waals surface area contributed by atoms with Crippen LogP contribution in [0.5, 0.6) is 0 Å². The van der Waals surface area contributed by atoms with Gasteiger partial charge in [0.2, 0.25) is 5.91 Å². The lowest BCUT2D eigenvalue weighted by Crippen LogP contribution is -2.41. The number of alkyl halides is 1. The topological polar surface area (TPSA) is 20.3 Å². The van der Waals surface area contributed by atoms with Crippen LogP contribution < -0.4 is 4.90 Å². The van der Waals surface area contributed by atoms with Gasteiger partial charge in [0.15, 0.2) is 0 Å². The number of rotatable bonds is 1. The largest absolute Gasteiger partial charge is 0.307 e. The molecule has 0 radical (unpaired) electrons. The van der Waals surface area contributed by atoms with Crippen molar-refractivity contribution < 1.29 is 4.79 Å². The van der Waals surface area contributed by atoms with E-state index in [-0.39, 0.29) is 11.8 Å². The highest BCUT2D eigenvalue weighted by atomic mass is 35.5. The summed E-state index contributed by atoms with van der Waals surface area (Å²) >= 11 is 5.74. The highest BCUT2D eigenvalue weighted by molar-refractivity contribution is 6.29. The minimum Gasteiger partial charge on any atom is -0.307 e. The van der Waals surface area contributed by atoms with E-state index in [0.29, 0.717) is 12.0 Å². The van der Waals surface area contributed by atoms with E-state index in [4.69, 9.17) is 11.6 Å². The second kappa shape index (κ2) is 4.34. The van der Waals surface area contributed by atoms with Crippen LogP contribution in [-0.2, 0) is 4.79 Å². The molecule has 1 aromatic rings. The van der Waals surface area contributed by atoms with Gasteiger partial charge in [0.25, 0.3) is 0 Å². The van der Waals surface area contributed by atoms with Crippen LogP contribution in [-0.4, -0.2) is 17.8 Å². The highest BCUT2D eigenvalue weighted by Crippen LogP contribution is 2.47. The number of amides is 1. The normalized spacial score (nSPS) is 26.5. The predicted molar refractivity (Wildman–Crippen MR) is 69.6 cm³/mol. The Balaban J connectivity index is 2.05. The van der Waals surface area contributed by atoms with Gasteiger partial charge in [-0.15, -0.1) is 11.6 Å². The molecule has 0 bridgehead atoms. The monoisotopic (exact) mass is 249 g/mol. The third-order valence-electron chi connectivity index (χ3n) is 4.04. The first kappa shape index (κ1) is 11.1. The van der Waals surface area contributed by atoms with Crippen LogP contribution >= 0.6 is 11.6 Å². The highest BCUT2D eigenvalue weighted by Gasteiger charge is 2.41. The number of halogens is 1. The zero-order chi connectivity index (χ0) is 11.8. The first-order valence-corrected chi connectivity index (χ1v) is 6.83. The molecule has 1 aromatic carbocycles. The summed E-state index contributed by atoms with van der Waals surface area (Å²) in [4.78, 5) is 14.0. The van der Waals surface area contributed by atoms with Crippen molar-refractivity contribution in [1.82, 2.24) is 0 Å². The van der Waals surface area contributed by atoms with E-state index in [2.05, 4.69) is 18.2 Å². The second-order valence-electron chi connectivity index (χ2n) is 4.91. The van der Waals surface area contributed by atoms with E-state index >= 15 is 0 Å². The van der Waals surface area contributed by atoms with Crippen LogP contribution in [0.2, 0.25) is 0 Å². The number of carbonyl (C=O) groups excluding carboxylic acids is 1. The Morgan fingerprint density at radius 2 is 2.06 bits per heavy atom. The quantitative estimate of drug-likeness (QED) is 0.700. The number of carbonyl (C=O) groups is 1. The Morgan fingerprint density at radius 1 is 1.29 bits per heavy atom. The fourth-order valence-electron chi connectivity index (χ4n) is 3.37. The van der Waals surface area contributed by atoms with E-state index in [0.717, 1.165) is 12.1 Å². The molecule has 0 saturated heterocycles. The Labute approximate surface area is 107 Å². The molecule has 1 aliphatic carbocycles. The summed E-state index contributed by atoms with van der Waals surface area (Å²) in [6.45, 7) is 0. The van der Waals surface area contributed by atoms with Gasteiger partial charge < -0.3 is 4.90 Å². The predicted octanol–water partition coefficient (Wildman–Crippen LogP) is 3.30. The molecule has 1 heterocycles. The standard InChI is InChI=1S/C14H16ClNO/c15-9-14(17)16-12-7-3-1-5-10(12)11-6-2-4-8-13(11)16/h1,3,5,7,11,13H,2,4,6,8-9H2/t11-,13-/m0/s1. The van der Waals surface area contributed by atoms with Crippen molar-refractivity contribution in [2.75, 3.05) is 10.8 Å².